The summed E-state index contributed by atoms with van der Waals surface area (Å²) < 4.78 is 0. The van der Waals surface area contributed by atoms with Gasteiger partial charge in [0, 0.05) is 6.04 Å². The molecule has 4 nitrogen and oxygen atoms in total. The minimum Gasteiger partial charge on any atom is -0.349 e. The Hall–Kier alpha value is -1.55. The zero-order chi connectivity index (χ0) is 13.1. The molecule has 4 heteroatoms. The molecule has 18 heavy (non-hydrogen) atoms. The van der Waals surface area contributed by atoms with Gasteiger partial charge in [-0.3, -0.25) is 10.6 Å². The molecule has 0 spiro atoms. The number of carbonyl (C=O) groups excluding carboxylic acids is 1. The second-order valence-corrected chi connectivity index (χ2v) is 5.28. The second kappa shape index (κ2) is 5.40. The zero-order valence-electron chi connectivity index (χ0n) is 11.0. The maximum Gasteiger partial charge on any atom is 0.253 e. The van der Waals surface area contributed by atoms with Crippen molar-refractivity contribution < 1.29 is 4.79 Å². The van der Waals surface area contributed by atoms with Crippen LogP contribution in [0, 0.1) is 12.8 Å². The van der Waals surface area contributed by atoms with Crippen LogP contribution < -0.4 is 16.6 Å². The van der Waals surface area contributed by atoms with Crippen molar-refractivity contribution in [2.75, 3.05) is 5.43 Å². The Labute approximate surface area is 108 Å². The Kier molecular flexibility index (Phi) is 3.87. The van der Waals surface area contributed by atoms with Gasteiger partial charge in [0.05, 0.1) is 11.3 Å². The number of hydrogen-bond acceptors (Lipinski definition) is 3. The molecule has 0 radical (unpaired) electrons. The number of nitrogens with one attached hydrogen (secondary N) is 2. The summed E-state index contributed by atoms with van der Waals surface area (Å²) in [5, 5.41) is 3.09. The number of benzene rings is 1. The van der Waals surface area contributed by atoms with Crippen molar-refractivity contribution in [2.45, 2.75) is 39.2 Å². The number of aryl methyl sites for hydroxylation is 1. The Bertz CT molecular complexity index is 445. The molecule has 0 aromatic heterocycles. The molecule has 1 amide bonds. The molecule has 2 atom stereocenters. The van der Waals surface area contributed by atoms with Crippen molar-refractivity contribution in [2.24, 2.45) is 11.8 Å². The van der Waals surface area contributed by atoms with E-state index in [1.54, 1.807) is 0 Å². The third-order valence-corrected chi connectivity index (χ3v) is 3.61. The lowest BCUT2D eigenvalue weighted by Crippen LogP contribution is -2.33. The molecule has 0 aliphatic heterocycles. The van der Waals surface area contributed by atoms with Gasteiger partial charge < -0.3 is 10.7 Å². The van der Waals surface area contributed by atoms with Crippen LogP contribution in [-0.4, -0.2) is 11.9 Å². The van der Waals surface area contributed by atoms with Crippen molar-refractivity contribution in [3.63, 3.8) is 0 Å². The summed E-state index contributed by atoms with van der Waals surface area (Å²) in [7, 11) is 0. The highest BCUT2D eigenvalue weighted by Crippen LogP contribution is 2.25. The number of nitrogens with two attached hydrogens (primary N) is 1. The highest BCUT2D eigenvalue weighted by Gasteiger charge is 2.23. The van der Waals surface area contributed by atoms with E-state index in [1.807, 2.05) is 25.1 Å². The third-order valence-electron chi connectivity index (χ3n) is 3.61. The quantitative estimate of drug-likeness (QED) is 0.566. The highest BCUT2D eigenvalue weighted by atomic mass is 16.1. The van der Waals surface area contributed by atoms with E-state index < -0.39 is 0 Å². The van der Waals surface area contributed by atoms with Crippen LogP contribution in [0.15, 0.2) is 18.2 Å². The van der Waals surface area contributed by atoms with Crippen LogP contribution in [0.25, 0.3) is 0 Å². The van der Waals surface area contributed by atoms with E-state index in [-0.39, 0.29) is 5.91 Å². The number of nitrogen functional groups attached to an aromatic ring is 1. The zero-order valence-corrected chi connectivity index (χ0v) is 11.0. The topological polar surface area (TPSA) is 67.2 Å². The number of hydrazine groups is 1. The lowest BCUT2D eigenvalue weighted by atomic mass is 10.1. The van der Waals surface area contributed by atoms with E-state index in [1.165, 1.54) is 6.42 Å². The van der Waals surface area contributed by atoms with E-state index >= 15 is 0 Å². The first-order chi connectivity index (χ1) is 8.60. The van der Waals surface area contributed by atoms with Gasteiger partial charge in [0.25, 0.3) is 5.91 Å². The predicted octanol–water partition coefficient (Wildman–Crippen LogP) is 2.20. The van der Waals surface area contributed by atoms with Gasteiger partial charge in [0.1, 0.15) is 0 Å². The first-order valence-electron chi connectivity index (χ1n) is 6.48. The van der Waals surface area contributed by atoms with Crippen LogP contribution in [0.3, 0.4) is 0 Å². The molecular weight excluding hydrogens is 226 g/mol. The molecule has 1 aliphatic carbocycles. The van der Waals surface area contributed by atoms with Crippen molar-refractivity contribution in [1.29, 1.82) is 0 Å². The minimum atomic E-state index is -0.0398. The number of anilines is 1. The molecule has 1 aliphatic rings. The van der Waals surface area contributed by atoms with E-state index in [0.717, 1.165) is 18.4 Å². The molecule has 1 aromatic carbocycles. The van der Waals surface area contributed by atoms with E-state index in [9.17, 15) is 4.79 Å². The number of hydrogen-bond donors (Lipinski definition) is 3. The SMILES string of the molecule is Cc1ccc(C(=O)NC2CCC(C)C2)c(NN)c1. The molecule has 1 saturated carbocycles. The van der Waals surface area contributed by atoms with Crippen LogP contribution in [0.2, 0.25) is 0 Å². The van der Waals surface area contributed by atoms with Crippen LogP contribution in [0.4, 0.5) is 5.69 Å². The van der Waals surface area contributed by atoms with E-state index in [4.69, 9.17) is 5.84 Å². The maximum atomic E-state index is 12.2. The second-order valence-electron chi connectivity index (χ2n) is 5.28. The molecule has 1 aromatic rings. The molecule has 0 saturated heterocycles. The number of amides is 1. The Morgan fingerprint density at radius 1 is 1.39 bits per heavy atom. The Morgan fingerprint density at radius 3 is 2.78 bits per heavy atom. The molecule has 4 N–H and O–H groups in total. The maximum absolute atomic E-state index is 12.2. The number of rotatable bonds is 3. The van der Waals surface area contributed by atoms with Gasteiger partial charge in [-0.2, -0.15) is 0 Å². The summed E-state index contributed by atoms with van der Waals surface area (Å²) in [5.74, 6) is 6.13. The molecule has 0 heterocycles. The molecular formula is C14H21N3O. The smallest absolute Gasteiger partial charge is 0.253 e. The van der Waals surface area contributed by atoms with Gasteiger partial charge in [0.15, 0.2) is 0 Å². The lowest BCUT2D eigenvalue weighted by Gasteiger charge is -2.15. The van der Waals surface area contributed by atoms with E-state index in [2.05, 4.69) is 17.7 Å². The van der Waals surface area contributed by atoms with Gasteiger partial charge in [-0.25, -0.2) is 0 Å². The highest BCUT2D eigenvalue weighted by molar-refractivity contribution is 5.99. The fourth-order valence-corrected chi connectivity index (χ4v) is 2.58. The average Bonchev–Trinajstić information content (AvgIpc) is 2.74. The summed E-state index contributed by atoms with van der Waals surface area (Å²) in [6.45, 7) is 4.20. The molecule has 2 rings (SSSR count). The van der Waals surface area contributed by atoms with Gasteiger partial charge in [-0.1, -0.05) is 13.0 Å². The predicted molar refractivity (Wildman–Crippen MR) is 73.3 cm³/mol. The third kappa shape index (κ3) is 2.82. The lowest BCUT2D eigenvalue weighted by molar-refractivity contribution is 0.0938. The van der Waals surface area contributed by atoms with Gasteiger partial charge in [0.2, 0.25) is 0 Å². The van der Waals surface area contributed by atoms with Crippen molar-refractivity contribution in [1.82, 2.24) is 5.32 Å². The van der Waals surface area contributed by atoms with E-state index in [0.29, 0.717) is 23.2 Å². The summed E-state index contributed by atoms with van der Waals surface area (Å²) in [4.78, 5) is 12.2. The van der Waals surface area contributed by atoms with Crippen molar-refractivity contribution >= 4 is 11.6 Å². The van der Waals surface area contributed by atoms with Gasteiger partial charge >= 0.3 is 0 Å². The van der Waals surface area contributed by atoms with Crippen molar-refractivity contribution in [3.8, 4) is 0 Å². The Balaban J connectivity index is 2.09. The van der Waals surface area contributed by atoms with Crippen LogP contribution >= 0.6 is 0 Å². The molecule has 0 bridgehead atoms. The normalized spacial score (nSPS) is 22.8. The molecule has 2 unspecified atom stereocenters. The monoisotopic (exact) mass is 247 g/mol. The average molecular weight is 247 g/mol. The van der Waals surface area contributed by atoms with Crippen LogP contribution in [-0.2, 0) is 0 Å². The van der Waals surface area contributed by atoms with Crippen LogP contribution in [0.5, 0.6) is 0 Å². The fourth-order valence-electron chi connectivity index (χ4n) is 2.58. The standard InChI is InChI=1S/C14H21N3O/c1-9-3-5-11(7-9)16-14(18)12-6-4-10(2)8-13(12)17-15/h4,6,8-9,11,17H,3,5,7,15H2,1-2H3,(H,16,18). The first kappa shape index (κ1) is 12.9. The van der Waals surface area contributed by atoms with Crippen molar-refractivity contribution in [3.05, 3.63) is 29.3 Å². The minimum absolute atomic E-state index is 0.0398. The summed E-state index contributed by atoms with van der Waals surface area (Å²) in [6.07, 6.45) is 3.34. The van der Waals surface area contributed by atoms with Crippen LogP contribution in [0.1, 0.15) is 42.1 Å². The molecule has 98 valence electrons. The first-order valence-corrected chi connectivity index (χ1v) is 6.48. The molecule has 1 fully saturated rings. The number of carbonyl (C=O) groups is 1. The summed E-state index contributed by atoms with van der Waals surface area (Å²) in [6, 6.07) is 5.93. The summed E-state index contributed by atoms with van der Waals surface area (Å²) in [5.41, 5.74) is 4.96. The van der Waals surface area contributed by atoms with Gasteiger partial charge in [-0.05, 0) is 49.8 Å². The summed E-state index contributed by atoms with van der Waals surface area (Å²) >= 11 is 0. The largest absolute Gasteiger partial charge is 0.349 e. The van der Waals surface area contributed by atoms with Gasteiger partial charge in [-0.15, -0.1) is 0 Å². The fraction of sp³-hybridized carbons (Fsp3) is 0.500. The Morgan fingerprint density at radius 2 is 2.17 bits per heavy atom.